The lowest BCUT2D eigenvalue weighted by Crippen LogP contribution is -2.49. The summed E-state index contributed by atoms with van der Waals surface area (Å²) < 4.78 is 4.76. The molecule has 0 bridgehead atoms. The van der Waals surface area contributed by atoms with Crippen LogP contribution < -0.4 is 11.5 Å². The summed E-state index contributed by atoms with van der Waals surface area (Å²) in [4.78, 5) is 21.6. The first-order chi connectivity index (χ1) is 7.90. The van der Waals surface area contributed by atoms with Crippen molar-refractivity contribution in [2.45, 2.75) is 12.0 Å². The number of hydrogen-bond donors (Lipinski definition) is 2. The number of allylic oxidation sites excluding steroid dienone is 1. The van der Waals surface area contributed by atoms with E-state index >= 15 is 0 Å². The van der Waals surface area contributed by atoms with Gasteiger partial charge in [-0.05, 0) is 6.08 Å². The number of halogens is 1. The molecule has 1 rings (SSSR count). The molecule has 0 aromatic heterocycles. The number of rotatable bonds is 4. The minimum Gasteiger partial charge on any atom is -0.463 e. The van der Waals surface area contributed by atoms with Gasteiger partial charge in [0.05, 0.1) is 17.2 Å². The van der Waals surface area contributed by atoms with E-state index in [-0.39, 0.29) is 30.3 Å². The van der Waals surface area contributed by atoms with Gasteiger partial charge in [0.25, 0.3) is 5.70 Å². The molecule has 0 radical (unpaired) electrons. The monoisotopic (exact) mass is 261 g/mol. The van der Waals surface area contributed by atoms with Gasteiger partial charge in [-0.2, -0.15) is 0 Å². The van der Waals surface area contributed by atoms with Crippen LogP contribution in [0.5, 0.6) is 0 Å². The number of hydrogen-bond acceptors (Lipinski definition) is 6. The van der Waals surface area contributed by atoms with Gasteiger partial charge in [-0.3, -0.25) is 10.1 Å². The number of esters is 1. The molecule has 0 aromatic carbocycles. The van der Waals surface area contributed by atoms with Gasteiger partial charge in [0, 0.05) is 0 Å². The van der Waals surface area contributed by atoms with E-state index in [4.69, 9.17) is 27.8 Å². The van der Waals surface area contributed by atoms with Gasteiger partial charge in [-0.25, -0.2) is 4.79 Å². The van der Waals surface area contributed by atoms with E-state index < -0.39 is 16.4 Å². The Morgan fingerprint density at radius 2 is 2.35 bits per heavy atom. The van der Waals surface area contributed by atoms with Crippen LogP contribution in [0.4, 0.5) is 0 Å². The van der Waals surface area contributed by atoms with Crippen LogP contribution in [0, 0.1) is 10.1 Å². The molecule has 1 unspecified atom stereocenters. The Labute approximate surface area is 102 Å². The summed E-state index contributed by atoms with van der Waals surface area (Å²) in [6, 6.07) is 0. The van der Waals surface area contributed by atoms with Crippen LogP contribution in [0.25, 0.3) is 0 Å². The standard InChI is InChI=1S/C9H12ClN3O4/c10-3-4-17-8(14)9(12)2-1-6(11)7(5-9)13(15)16/h1-2H,3-5,11-12H2. The van der Waals surface area contributed by atoms with Gasteiger partial charge >= 0.3 is 5.97 Å². The number of nitrogens with zero attached hydrogens (tertiary/aromatic N) is 1. The SMILES string of the molecule is NC1=C([N+](=O)[O-])CC(N)(C(=O)OCCCl)C=C1. The average Bonchev–Trinajstić information content (AvgIpc) is 2.29. The number of nitro groups is 1. The van der Waals surface area contributed by atoms with Crippen molar-refractivity contribution >= 4 is 17.6 Å². The molecule has 1 aliphatic rings. The summed E-state index contributed by atoms with van der Waals surface area (Å²) in [6.45, 7) is 0.000172. The predicted octanol–water partition coefficient (Wildman–Crippen LogP) is -0.127. The molecular weight excluding hydrogens is 250 g/mol. The molecule has 0 saturated heterocycles. The molecular formula is C9H12ClN3O4. The fourth-order valence-corrected chi connectivity index (χ4v) is 1.43. The molecule has 17 heavy (non-hydrogen) atoms. The third-order valence-electron chi connectivity index (χ3n) is 2.26. The second-order valence-corrected chi connectivity index (χ2v) is 3.91. The second-order valence-electron chi connectivity index (χ2n) is 3.53. The highest BCUT2D eigenvalue weighted by atomic mass is 35.5. The Bertz CT molecular complexity index is 407. The third kappa shape index (κ3) is 2.95. The lowest BCUT2D eigenvalue weighted by molar-refractivity contribution is -0.430. The van der Waals surface area contributed by atoms with Gasteiger partial charge in [0.15, 0.2) is 0 Å². The molecule has 1 atom stereocenters. The van der Waals surface area contributed by atoms with Crippen molar-refractivity contribution in [1.29, 1.82) is 0 Å². The largest absolute Gasteiger partial charge is 0.463 e. The maximum atomic E-state index is 11.6. The van der Waals surface area contributed by atoms with Crippen molar-refractivity contribution in [1.82, 2.24) is 0 Å². The van der Waals surface area contributed by atoms with Crippen LogP contribution >= 0.6 is 11.6 Å². The highest BCUT2D eigenvalue weighted by Crippen LogP contribution is 2.24. The van der Waals surface area contributed by atoms with Crippen LogP contribution in [-0.4, -0.2) is 28.9 Å². The topological polar surface area (TPSA) is 121 Å². The molecule has 4 N–H and O–H groups in total. The molecule has 94 valence electrons. The van der Waals surface area contributed by atoms with Crippen molar-refractivity contribution in [2.75, 3.05) is 12.5 Å². The zero-order valence-corrected chi connectivity index (χ0v) is 9.64. The van der Waals surface area contributed by atoms with Crippen LogP contribution in [0.3, 0.4) is 0 Å². The van der Waals surface area contributed by atoms with E-state index in [0.717, 1.165) is 0 Å². The van der Waals surface area contributed by atoms with E-state index in [1.165, 1.54) is 12.2 Å². The first-order valence-electron chi connectivity index (χ1n) is 4.75. The Morgan fingerprint density at radius 1 is 1.71 bits per heavy atom. The molecule has 0 aliphatic heterocycles. The van der Waals surface area contributed by atoms with E-state index in [0.29, 0.717) is 0 Å². The highest BCUT2D eigenvalue weighted by molar-refractivity contribution is 6.18. The van der Waals surface area contributed by atoms with Gasteiger partial charge in [0.2, 0.25) is 0 Å². The lowest BCUT2D eigenvalue weighted by atomic mass is 9.89. The van der Waals surface area contributed by atoms with Crippen molar-refractivity contribution < 1.29 is 14.5 Å². The predicted molar refractivity (Wildman–Crippen MR) is 60.6 cm³/mol. The Kier molecular flexibility index (Phi) is 4.08. The third-order valence-corrected chi connectivity index (χ3v) is 2.42. The fraction of sp³-hybridized carbons (Fsp3) is 0.444. The summed E-state index contributed by atoms with van der Waals surface area (Å²) in [5.41, 5.74) is 9.29. The maximum absolute atomic E-state index is 11.6. The van der Waals surface area contributed by atoms with Gasteiger partial charge in [-0.15, -0.1) is 11.6 Å². The Balaban J connectivity index is 2.86. The lowest BCUT2D eigenvalue weighted by Gasteiger charge is -2.25. The molecule has 0 amide bonds. The first-order valence-corrected chi connectivity index (χ1v) is 5.28. The minimum absolute atomic E-state index is 0.000172. The van der Waals surface area contributed by atoms with E-state index in [9.17, 15) is 14.9 Å². The van der Waals surface area contributed by atoms with Crippen LogP contribution in [0.2, 0.25) is 0 Å². The van der Waals surface area contributed by atoms with E-state index in [2.05, 4.69) is 0 Å². The summed E-state index contributed by atoms with van der Waals surface area (Å²) >= 11 is 5.36. The van der Waals surface area contributed by atoms with E-state index in [1.807, 2.05) is 0 Å². The number of carbonyl (C=O) groups excluding carboxylic acids is 1. The molecule has 0 saturated carbocycles. The van der Waals surface area contributed by atoms with Crippen LogP contribution in [0.1, 0.15) is 6.42 Å². The number of nitrogens with two attached hydrogens (primary N) is 2. The summed E-state index contributed by atoms with van der Waals surface area (Å²) in [6.07, 6.45) is 2.24. The average molecular weight is 262 g/mol. The second kappa shape index (κ2) is 5.15. The fourth-order valence-electron chi connectivity index (χ4n) is 1.35. The minimum atomic E-state index is -1.56. The highest BCUT2D eigenvalue weighted by Gasteiger charge is 2.41. The molecule has 7 nitrogen and oxygen atoms in total. The zero-order valence-electron chi connectivity index (χ0n) is 8.89. The maximum Gasteiger partial charge on any atom is 0.330 e. The molecule has 0 aromatic rings. The summed E-state index contributed by atoms with van der Waals surface area (Å²) in [7, 11) is 0. The zero-order chi connectivity index (χ0) is 13.1. The number of alkyl halides is 1. The van der Waals surface area contributed by atoms with Crippen molar-refractivity contribution in [3.63, 3.8) is 0 Å². The van der Waals surface area contributed by atoms with Gasteiger partial charge in [0.1, 0.15) is 17.8 Å². The van der Waals surface area contributed by atoms with Crippen LogP contribution in [0.15, 0.2) is 23.5 Å². The van der Waals surface area contributed by atoms with Crippen LogP contribution in [-0.2, 0) is 9.53 Å². The molecule has 1 aliphatic carbocycles. The smallest absolute Gasteiger partial charge is 0.330 e. The van der Waals surface area contributed by atoms with Crippen molar-refractivity contribution in [3.8, 4) is 0 Å². The van der Waals surface area contributed by atoms with Crippen molar-refractivity contribution in [3.05, 3.63) is 33.7 Å². The first kappa shape index (κ1) is 13.5. The normalized spacial score (nSPS) is 23.6. The molecule has 0 heterocycles. The Hall–Kier alpha value is -1.60. The van der Waals surface area contributed by atoms with Gasteiger partial charge < -0.3 is 16.2 Å². The summed E-state index contributed by atoms with van der Waals surface area (Å²) in [5.74, 6) is -0.632. The molecule has 8 heteroatoms. The van der Waals surface area contributed by atoms with Crippen molar-refractivity contribution in [2.24, 2.45) is 11.5 Å². The number of carbonyl (C=O) groups is 1. The quantitative estimate of drug-likeness (QED) is 0.315. The Morgan fingerprint density at radius 3 is 2.88 bits per heavy atom. The molecule has 0 fully saturated rings. The molecule has 0 spiro atoms. The number of ether oxygens (including phenoxy) is 1. The van der Waals surface area contributed by atoms with Gasteiger partial charge in [-0.1, -0.05) is 6.08 Å². The van der Waals surface area contributed by atoms with E-state index in [1.54, 1.807) is 0 Å². The summed E-state index contributed by atoms with van der Waals surface area (Å²) in [5, 5.41) is 10.7.